The highest BCUT2D eigenvalue weighted by molar-refractivity contribution is 7.91. The van der Waals surface area contributed by atoms with Crippen molar-refractivity contribution in [3.05, 3.63) is 29.8 Å². The first kappa shape index (κ1) is 21.3. The molecule has 1 heterocycles. The second kappa shape index (κ2) is 7.56. The van der Waals surface area contributed by atoms with Gasteiger partial charge in [-0.05, 0) is 31.5 Å². The van der Waals surface area contributed by atoms with Crippen molar-refractivity contribution in [2.24, 2.45) is 0 Å². The molecule has 1 N–H and O–H groups in total. The van der Waals surface area contributed by atoms with Gasteiger partial charge in [-0.15, -0.1) is 0 Å². The summed E-state index contributed by atoms with van der Waals surface area (Å²) in [5.74, 6) is -1.65. The third-order valence-electron chi connectivity index (χ3n) is 4.13. The second-order valence-electron chi connectivity index (χ2n) is 6.84. The molecule has 1 amide bonds. The number of benzene rings is 1. The van der Waals surface area contributed by atoms with Crippen LogP contribution in [0.5, 0.6) is 0 Å². The number of carbonyl (C=O) groups excluding carboxylic acids is 2. The molecule has 1 aliphatic rings. The quantitative estimate of drug-likeness (QED) is 0.633. The number of amides is 1. The molecule has 1 aromatic rings. The fraction of sp³-hybridized carbons (Fsp3) is 0.500. The first-order chi connectivity index (χ1) is 12.3. The smallest absolute Gasteiger partial charge is 0.338 e. The maximum absolute atomic E-state index is 12.1. The van der Waals surface area contributed by atoms with Gasteiger partial charge in [-0.1, -0.05) is 6.07 Å². The highest BCUT2D eigenvalue weighted by Crippen LogP contribution is 2.22. The number of hydrogen-bond acceptors (Lipinski definition) is 7. The summed E-state index contributed by atoms with van der Waals surface area (Å²) < 4.78 is 53.3. The molecule has 1 aliphatic heterocycles. The van der Waals surface area contributed by atoms with E-state index in [4.69, 9.17) is 4.74 Å². The number of rotatable bonds is 6. The maximum Gasteiger partial charge on any atom is 0.338 e. The van der Waals surface area contributed by atoms with Crippen LogP contribution in [-0.2, 0) is 29.4 Å². The van der Waals surface area contributed by atoms with Gasteiger partial charge < -0.3 is 10.1 Å². The lowest BCUT2D eigenvalue weighted by molar-refractivity contribution is -0.125. The molecule has 2 rings (SSSR count). The summed E-state index contributed by atoms with van der Waals surface area (Å²) in [6.07, 6.45) is 0.291. The Balaban J connectivity index is 1.99. The van der Waals surface area contributed by atoms with Crippen LogP contribution in [0.15, 0.2) is 29.2 Å². The lowest BCUT2D eigenvalue weighted by Gasteiger charge is -2.23. The van der Waals surface area contributed by atoms with E-state index in [1.165, 1.54) is 38.4 Å². The predicted molar refractivity (Wildman–Crippen MR) is 97.4 cm³/mol. The molecule has 0 bridgehead atoms. The summed E-state index contributed by atoms with van der Waals surface area (Å²) in [4.78, 5) is 24.0. The standard InChI is InChI=1S/C16H22N2O7S2/c1-16(7-8-26(21,22)11-16)17-14(19)10-25-15(20)12-5-4-6-13(9-12)27(23,24)18(2)3/h4-6,9H,7-8,10-11H2,1-3H3,(H,17,19). The van der Waals surface area contributed by atoms with Crippen LogP contribution in [0.1, 0.15) is 23.7 Å². The average molecular weight is 418 g/mol. The van der Waals surface area contributed by atoms with E-state index in [9.17, 15) is 26.4 Å². The van der Waals surface area contributed by atoms with Crippen molar-refractivity contribution < 1.29 is 31.2 Å². The zero-order valence-electron chi connectivity index (χ0n) is 15.3. The van der Waals surface area contributed by atoms with Gasteiger partial charge in [0.15, 0.2) is 16.4 Å². The van der Waals surface area contributed by atoms with E-state index in [1.807, 2.05) is 0 Å². The van der Waals surface area contributed by atoms with Gasteiger partial charge in [0.05, 0.1) is 27.5 Å². The van der Waals surface area contributed by atoms with Crippen LogP contribution in [0.3, 0.4) is 0 Å². The predicted octanol–water partition coefficient (Wildman–Crippen LogP) is -0.213. The third-order valence-corrected chi connectivity index (χ3v) is 7.84. The third kappa shape index (κ3) is 5.27. The SMILES string of the molecule is CN(C)S(=O)(=O)c1cccc(C(=O)OCC(=O)NC2(C)CCS(=O)(=O)C2)c1. The monoisotopic (exact) mass is 418 g/mol. The number of ether oxygens (including phenoxy) is 1. The molecule has 27 heavy (non-hydrogen) atoms. The number of nitrogens with one attached hydrogen (secondary N) is 1. The molecule has 150 valence electrons. The molecule has 0 radical (unpaired) electrons. The van der Waals surface area contributed by atoms with Crippen molar-refractivity contribution in [2.75, 3.05) is 32.2 Å². The van der Waals surface area contributed by atoms with Crippen molar-refractivity contribution in [1.29, 1.82) is 0 Å². The van der Waals surface area contributed by atoms with Gasteiger partial charge in [0.1, 0.15) is 0 Å². The zero-order chi connectivity index (χ0) is 20.5. The number of carbonyl (C=O) groups is 2. The maximum atomic E-state index is 12.1. The van der Waals surface area contributed by atoms with Gasteiger partial charge in [0, 0.05) is 14.1 Å². The Morgan fingerprint density at radius 2 is 1.96 bits per heavy atom. The highest BCUT2D eigenvalue weighted by atomic mass is 32.2. The minimum absolute atomic E-state index is 0.00327. The normalized spacial score (nSPS) is 21.8. The number of sulfonamides is 1. The summed E-state index contributed by atoms with van der Waals surface area (Å²) in [6, 6.07) is 5.29. The van der Waals surface area contributed by atoms with E-state index in [0.29, 0.717) is 6.42 Å². The highest BCUT2D eigenvalue weighted by Gasteiger charge is 2.39. The van der Waals surface area contributed by atoms with Gasteiger partial charge in [0.25, 0.3) is 5.91 Å². The van der Waals surface area contributed by atoms with Gasteiger partial charge in [-0.25, -0.2) is 25.9 Å². The number of hydrogen-bond donors (Lipinski definition) is 1. The molecule has 0 aromatic heterocycles. The number of nitrogens with zero attached hydrogens (tertiary/aromatic N) is 1. The molecule has 0 saturated carbocycles. The molecule has 11 heteroatoms. The molecule has 0 aliphatic carbocycles. The summed E-state index contributed by atoms with van der Waals surface area (Å²) in [6.45, 7) is 1.02. The van der Waals surface area contributed by atoms with Crippen LogP contribution in [-0.4, -0.2) is 70.8 Å². The number of sulfone groups is 1. The Labute approximate surface area is 158 Å². The van der Waals surface area contributed by atoms with Crippen LogP contribution in [0, 0.1) is 0 Å². The molecule has 1 fully saturated rings. The Bertz CT molecular complexity index is 955. The molecule has 1 saturated heterocycles. The largest absolute Gasteiger partial charge is 0.452 e. The summed E-state index contributed by atoms with van der Waals surface area (Å²) in [5, 5.41) is 2.57. The summed E-state index contributed by atoms with van der Waals surface area (Å²) in [5.41, 5.74) is -0.900. The van der Waals surface area contributed by atoms with E-state index in [-0.39, 0.29) is 22.0 Å². The minimum atomic E-state index is -3.71. The van der Waals surface area contributed by atoms with Crippen molar-refractivity contribution in [3.8, 4) is 0 Å². The van der Waals surface area contributed by atoms with E-state index >= 15 is 0 Å². The van der Waals surface area contributed by atoms with Crippen molar-refractivity contribution in [3.63, 3.8) is 0 Å². The van der Waals surface area contributed by atoms with Gasteiger partial charge >= 0.3 is 5.97 Å². The number of esters is 1. The lowest BCUT2D eigenvalue weighted by atomic mass is 10.0. The van der Waals surface area contributed by atoms with Crippen LogP contribution in [0.2, 0.25) is 0 Å². The van der Waals surface area contributed by atoms with Crippen LogP contribution < -0.4 is 5.32 Å². The van der Waals surface area contributed by atoms with E-state index in [1.54, 1.807) is 6.92 Å². The van der Waals surface area contributed by atoms with E-state index < -0.39 is 43.9 Å². The molecule has 9 nitrogen and oxygen atoms in total. The Hall–Kier alpha value is -1.98. The molecule has 1 unspecified atom stereocenters. The Morgan fingerprint density at radius 1 is 1.30 bits per heavy atom. The molecular formula is C16H22N2O7S2. The molecule has 1 aromatic carbocycles. The van der Waals surface area contributed by atoms with Crippen LogP contribution in [0.4, 0.5) is 0 Å². The first-order valence-corrected chi connectivity index (χ1v) is 11.3. The lowest BCUT2D eigenvalue weighted by Crippen LogP contribution is -2.48. The molecule has 0 spiro atoms. The Morgan fingerprint density at radius 3 is 2.52 bits per heavy atom. The molecular weight excluding hydrogens is 396 g/mol. The topological polar surface area (TPSA) is 127 Å². The summed E-state index contributed by atoms with van der Waals surface area (Å²) >= 11 is 0. The van der Waals surface area contributed by atoms with Gasteiger partial charge in [-0.2, -0.15) is 0 Å². The van der Waals surface area contributed by atoms with Crippen molar-refractivity contribution in [1.82, 2.24) is 9.62 Å². The first-order valence-electron chi connectivity index (χ1n) is 8.06. The second-order valence-corrected chi connectivity index (χ2v) is 11.2. The van der Waals surface area contributed by atoms with Crippen LogP contribution in [0.25, 0.3) is 0 Å². The van der Waals surface area contributed by atoms with Crippen molar-refractivity contribution in [2.45, 2.75) is 23.8 Å². The van der Waals surface area contributed by atoms with Crippen LogP contribution >= 0.6 is 0 Å². The molecule has 1 atom stereocenters. The minimum Gasteiger partial charge on any atom is -0.452 e. The zero-order valence-corrected chi connectivity index (χ0v) is 16.9. The van der Waals surface area contributed by atoms with E-state index in [2.05, 4.69) is 5.32 Å². The average Bonchev–Trinajstić information content (AvgIpc) is 2.85. The van der Waals surface area contributed by atoms with Gasteiger partial charge in [-0.3, -0.25) is 4.79 Å². The van der Waals surface area contributed by atoms with E-state index in [0.717, 1.165) is 4.31 Å². The van der Waals surface area contributed by atoms with Gasteiger partial charge in [0.2, 0.25) is 10.0 Å². The Kier molecular flexibility index (Phi) is 5.97. The fourth-order valence-corrected chi connectivity index (χ4v) is 5.73. The fourth-order valence-electron chi connectivity index (χ4n) is 2.69. The van der Waals surface area contributed by atoms with Crippen molar-refractivity contribution >= 4 is 31.7 Å². The summed E-state index contributed by atoms with van der Waals surface area (Å²) in [7, 11) is -4.15.